The maximum Gasteiger partial charge on any atom is 0.147 e. The van der Waals surface area contributed by atoms with E-state index in [2.05, 4.69) is 52.2 Å². The van der Waals surface area contributed by atoms with Crippen molar-refractivity contribution < 1.29 is 4.74 Å². The zero-order chi connectivity index (χ0) is 19.2. The minimum absolute atomic E-state index is 0.337. The van der Waals surface area contributed by atoms with Gasteiger partial charge in [-0.1, -0.05) is 50.6 Å². The number of nitrogens with zero attached hydrogens (tertiary/aromatic N) is 1. The van der Waals surface area contributed by atoms with Crippen molar-refractivity contribution in [2.75, 3.05) is 14.1 Å². The van der Waals surface area contributed by atoms with Gasteiger partial charge in [-0.05, 0) is 62.8 Å². The molecule has 0 fully saturated rings. The second kappa shape index (κ2) is 9.33. The van der Waals surface area contributed by atoms with Gasteiger partial charge >= 0.3 is 0 Å². The van der Waals surface area contributed by atoms with Crippen LogP contribution in [0.5, 0.6) is 5.75 Å². The third kappa shape index (κ3) is 5.28. The van der Waals surface area contributed by atoms with Crippen molar-refractivity contribution >= 4 is 11.6 Å². The van der Waals surface area contributed by atoms with Gasteiger partial charge in [0.25, 0.3) is 0 Å². The fourth-order valence-corrected chi connectivity index (χ4v) is 3.37. The van der Waals surface area contributed by atoms with Crippen molar-refractivity contribution in [1.82, 2.24) is 4.90 Å². The molecule has 1 unspecified atom stereocenters. The Hall–Kier alpha value is -1.41. The molecule has 0 heterocycles. The molecule has 0 N–H and O–H groups in total. The molecule has 0 amide bonds. The van der Waals surface area contributed by atoms with Crippen LogP contribution in [0, 0.1) is 0 Å². The predicted molar refractivity (Wildman–Crippen MR) is 111 cm³/mol. The highest BCUT2D eigenvalue weighted by Crippen LogP contribution is 2.38. The summed E-state index contributed by atoms with van der Waals surface area (Å²) < 4.78 is 6.63. The van der Waals surface area contributed by atoms with E-state index >= 15 is 0 Å². The highest BCUT2D eigenvalue weighted by molar-refractivity contribution is 6.30. The standard InChI is InChI=1S/C22H34ClNO/c1-9-16(4)14-17(5)20-15-19(23)12-13-21(20)25-22(10-2,11-3)18(6)24(7)8/h9,12-13,15,17H,6,10-11,14H2,1-5,7-8H3/b16-9+. The van der Waals surface area contributed by atoms with Crippen molar-refractivity contribution in [3.8, 4) is 5.75 Å². The highest BCUT2D eigenvalue weighted by atomic mass is 35.5. The Balaban J connectivity index is 3.30. The lowest BCUT2D eigenvalue weighted by atomic mass is 9.90. The molecule has 2 nitrogen and oxygen atoms in total. The van der Waals surface area contributed by atoms with Gasteiger partial charge in [0.2, 0.25) is 0 Å². The lowest BCUT2D eigenvalue weighted by Crippen LogP contribution is -2.42. The third-order valence-corrected chi connectivity index (χ3v) is 5.37. The Morgan fingerprint density at radius 1 is 1.32 bits per heavy atom. The number of benzene rings is 1. The summed E-state index contributed by atoms with van der Waals surface area (Å²) >= 11 is 6.29. The number of halogens is 1. The average molecular weight is 364 g/mol. The smallest absolute Gasteiger partial charge is 0.147 e. The van der Waals surface area contributed by atoms with E-state index in [1.54, 1.807) is 0 Å². The molecule has 0 aliphatic heterocycles. The van der Waals surface area contributed by atoms with E-state index < -0.39 is 5.60 Å². The zero-order valence-corrected chi connectivity index (χ0v) is 17.7. The molecule has 140 valence electrons. The SMILES string of the molecule is C=C(N(C)C)C(CC)(CC)Oc1ccc(Cl)cc1C(C)C/C(C)=C/C. The van der Waals surface area contributed by atoms with Crippen LogP contribution in [0.3, 0.4) is 0 Å². The number of allylic oxidation sites excluding steroid dienone is 2. The monoisotopic (exact) mass is 363 g/mol. The summed E-state index contributed by atoms with van der Waals surface area (Å²) in [7, 11) is 4.04. The van der Waals surface area contributed by atoms with Crippen molar-refractivity contribution in [2.24, 2.45) is 0 Å². The predicted octanol–water partition coefficient (Wildman–Crippen LogP) is 6.81. The molecule has 1 rings (SSSR count). The number of likely N-dealkylation sites (N-methyl/N-ethyl adjacent to an activating group) is 1. The van der Waals surface area contributed by atoms with Crippen LogP contribution < -0.4 is 4.74 Å². The van der Waals surface area contributed by atoms with Crippen molar-refractivity contribution in [3.05, 3.63) is 52.7 Å². The number of rotatable bonds is 9. The van der Waals surface area contributed by atoms with E-state index in [0.717, 1.165) is 41.3 Å². The second-order valence-corrected chi connectivity index (χ2v) is 7.50. The lowest BCUT2D eigenvalue weighted by Gasteiger charge is -2.38. The van der Waals surface area contributed by atoms with Crippen LogP contribution in [-0.2, 0) is 0 Å². The molecular weight excluding hydrogens is 330 g/mol. The zero-order valence-electron chi connectivity index (χ0n) is 16.9. The summed E-state index contributed by atoms with van der Waals surface area (Å²) in [5.74, 6) is 1.25. The molecule has 0 aliphatic carbocycles. The fourth-order valence-electron chi connectivity index (χ4n) is 3.19. The van der Waals surface area contributed by atoms with Crippen LogP contribution in [0.1, 0.15) is 65.4 Å². The minimum atomic E-state index is -0.401. The molecule has 1 aromatic carbocycles. The second-order valence-electron chi connectivity index (χ2n) is 7.07. The summed E-state index contributed by atoms with van der Waals surface area (Å²) in [4.78, 5) is 2.05. The van der Waals surface area contributed by atoms with E-state index in [9.17, 15) is 0 Å². The Morgan fingerprint density at radius 3 is 2.40 bits per heavy atom. The van der Waals surface area contributed by atoms with Gasteiger partial charge in [0, 0.05) is 24.8 Å². The Labute approximate surface area is 159 Å². The normalized spacial score (nSPS) is 13.5. The lowest BCUT2D eigenvalue weighted by molar-refractivity contribution is 0.0728. The molecular formula is C22H34ClNO. The first-order valence-electron chi connectivity index (χ1n) is 9.17. The minimum Gasteiger partial charge on any atom is -0.481 e. The van der Waals surface area contributed by atoms with Gasteiger partial charge < -0.3 is 9.64 Å². The van der Waals surface area contributed by atoms with Gasteiger partial charge in [-0.2, -0.15) is 0 Å². The fraction of sp³-hybridized carbons (Fsp3) is 0.545. The number of hydrogen-bond donors (Lipinski definition) is 0. The van der Waals surface area contributed by atoms with Crippen LogP contribution in [0.25, 0.3) is 0 Å². The van der Waals surface area contributed by atoms with Gasteiger partial charge in [-0.15, -0.1) is 0 Å². The van der Waals surface area contributed by atoms with Crippen molar-refractivity contribution in [1.29, 1.82) is 0 Å². The first-order chi connectivity index (χ1) is 11.7. The molecule has 0 aromatic heterocycles. The van der Waals surface area contributed by atoms with Crippen LogP contribution in [0.15, 0.2) is 42.1 Å². The molecule has 0 spiro atoms. The van der Waals surface area contributed by atoms with E-state index in [0.29, 0.717) is 5.92 Å². The van der Waals surface area contributed by atoms with Crippen molar-refractivity contribution in [3.63, 3.8) is 0 Å². The van der Waals surface area contributed by atoms with Crippen LogP contribution >= 0.6 is 11.6 Å². The maximum absolute atomic E-state index is 6.63. The summed E-state index contributed by atoms with van der Waals surface area (Å²) in [5, 5.41) is 0.748. The molecule has 1 atom stereocenters. The van der Waals surface area contributed by atoms with Crippen LogP contribution in [0.4, 0.5) is 0 Å². The molecule has 3 heteroatoms. The first-order valence-corrected chi connectivity index (χ1v) is 9.55. The Kier molecular flexibility index (Phi) is 8.08. The quantitative estimate of drug-likeness (QED) is 0.446. The molecule has 1 aromatic rings. The Morgan fingerprint density at radius 2 is 1.92 bits per heavy atom. The van der Waals surface area contributed by atoms with Gasteiger partial charge in [-0.3, -0.25) is 0 Å². The first kappa shape index (κ1) is 21.6. The summed E-state index contributed by atoms with van der Waals surface area (Å²) in [6.07, 6.45) is 4.89. The molecule has 0 bridgehead atoms. The van der Waals surface area contributed by atoms with Gasteiger partial charge in [0.15, 0.2) is 0 Å². The van der Waals surface area contributed by atoms with E-state index in [1.165, 1.54) is 5.57 Å². The molecule has 0 saturated heterocycles. The number of hydrogen-bond acceptors (Lipinski definition) is 2. The highest BCUT2D eigenvalue weighted by Gasteiger charge is 2.34. The van der Waals surface area contributed by atoms with Gasteiger partial charge in [-0.25, -0.2) is 0 Å². The van der Waals surface area contributed by atoms with Crippen LogP contribution in [-0.4, -0.2) is 24.6 Å². The Bertz CT molecular complexity index is 614. The topological polar surface area (TPSA) is 12.5 Å². The molecule has 0 saturated carbocycles. The third-order valence-electron chi connectivity index (χ3n) is 5.14. The van der Waals surface area contributed by atoms with Crippen molar-refractivity contribution in [2.45, 2.75) is 65.4 Å². The van der Waals surface area contributed by atoms with Gasteiger partial charge in [0.1, 0.15) is 11.4 Å². The largest absolute Gasteiger partial charge is 0.481 e. The summed E-state index contributed by atoms with van der Waals surface area (Å²) in [5.41, 5.74) is 3.12. The van der Waals surface area contributed by atoms with E-state index in [1.807, 2.05) is 32.3 Å². The molecule has 25 heavy (non-hydrogen) atoms. The summed E-state index contributed by atoms with van der Waals surface area (Å²) in [6.45, 7) is 15.1. The number of ether oxygens (including phenoxy) is 1. The van der Waals surface area contributed by atoms with Gasteiger partial charge in [0.05, 0.1) is 0 Å². The van der Waals surface area contributed by atoms with E-state index in [4.69, 9.17) is 16.3 Å². The average Bonchev–Trinajstić information content (AvgIpc) is 2.59. The maximum atomic E-state index is 6.63. The molecule has 0 aliphatic rings. The summed E-state index contributed by atoms with van der Waals surface area (Å²) in [6, 6.07) is 5.95. The van der Waals surface area contributed by atoms with E-state index in [-0.39, 0.29) is 0 Å². The van der Waals surface area contributed by atoms with Crippen LogP contribution in [0.2, 0.25) is 5.02 Å². The molecule has 0 radical (unpaired) electrons.